The summed E-state index contributed by atoms with van der Waals surface area (Å²) in [5, 5.41) is 7.58. The zero-order chi connectivity index (χ0) is 23.2. The van der Waals surface area contributed by atoms with E-state index in [1.54, 1.807) is 55.4 Å². The number of hydrogen-bond acceptors (Lipinski definition) is 4. The van der Waals surface area contributed by atoms with Crippen LogP contribution in [0.15, 0.2) is 79.0 Å². The summed E-state index contributed by atoms with van der Waals surface area (Å²) in [5.74, 6) is 0.579. The van der Waals surface area contributed by atoms with E-state index in [0.29, 0.717) is 40.3 Å². The maximum atomic E-state index is 13.9. The highest BCUT2D eigenvalue weighted by atomic mass is 19.1. The molecule has 0 aliphatic heterocycles. The minimum Gasteiger partial charge on any atom is -0.497 e. The number of carbonyl (C=O) groups excluding carboxylic acids is 1. The van der Waals surface area contributed by atoms with Gasteiger partial charge in [0.1, 0.15) is 23.0 Å². The van der Waals surface area contributed by atoms with E-state index in [2.05, 4.69) is 5.32 Å². The van der Waals surface area contributed by atoms with Crippen LogP contribution < -0.4 is 14.8 Å². The van der Waals surface area contributed by atoms with Gasteiger partial charge in [0.05, 0.1) is 25.5 Å². The van der Waals surface area contributed by atoms with Crippen molar-refractivity contribution in [1.29, 1.82) is 0 Å². The fraction of sp³-hybridized carbons (Fsp3) is 0.154. The number of rotatable bonds is 8. The molecule has 1 N–H and O–H groups in total. The summed E-state index contributed by atoms with van der Waals surface area (Å²) in [6.07, 6.45) is 2.07. The van der Waals surface area contributed by atoms with Crippen LogP contribution in [-0.2, 0) is 6.42 Å². The third-order valence-electron chi connectivity index (χ3n) is 5.28. The van der Waals surface area contributed by atoms with E-state index in [1.165, 1.54) is 6.07 Å². The van der Waals surface area contributed by atoms with Gasteiger partial charge in [-0.05, 0) is 42.3 Å². The molecule has 0 radical (unpaired) electrons. The first-order valence-electron chi connectivity index (χ1n) is 10.5. The van der Waals surface area contributed by atoms with Gasteiger partial charge in [0.25, 0.3) is 5.91 Å². The van der Waals surface area contributed by atoms with Crippen LogP contribution in [0.5, 0.6) is 11.5 Å². The summed E-state index contributed by atoms with van der Waals surface area (Å²) in [6, 6.07) is 21.4. The number of ether oxygens (including phenoxy) is 2. The van der Waals surface area contributed by atoms with Crippen LogP contribution in [0.1, 0.15) is 15.9 Å². The van der Waals surface area contributed by atoms with Gasteiger partial charge >= 0.3 is 0 Å². The van der Waals surface area contributed by atoms with Crippen molar-refractivity contribution in [3.8, 4) is 28.4 Å². The Hall–Kier alpha value is -4.13. The number of nitrogens with one attached hydrogen (secondary N) is 1. The summed E-state index contributed by atoms with van der Waals surface area (Å²) in [4.78, 5) is 13.2. The van der Waals surface area contributed by atoms with Crippen molar-refractivity contribution in [3.63, 3.8) is 0 Å². The van der Waals surface area contributed by atoms with Gasteiger partial charge in [0, 0.05) is 24.4 Å². The Morgan fingerprint density at radius 2 is 1.76 bits per heavy atom. The lowest BCUT2D eigenvalue weighted by atomic mass is 10.1. The van der Waals surface area contributed by atoms with Gasteiger partial charge in [-0.15, -0.1) is 0 Å². The number of carbonyl (C=O) groups is 1. The molecule has 3 aromatic carbocycles. The molecule has 0 saturated carbocycles. The van der Waals surface area contributed by atoms with Crippen molar-refractivity contribution in [2.45, 2.75) is 6.42 Å². The highest BCUT2D eigenvalue weighted by molar-refractivity contribution is 6.00. The lowest BCUT2D eigenvalue weighted by Crippen LogP contribution is -2.26. The maximum absolute atomic E-state index is 13.9. The molecule has 0 aliphatic carbocycles. The Balaban J connectivity index is 1.67. The van der Waals surface area contributed by atoms with E-state index in [4.69, 9.17) is 14.6 Å². The average molecular weight is 445 g/mol. The molecule has 1 heterocycles. The second-order valence-electron chi connectivity index (χ2n) is 7.34. The van der Waals surface area contributed by atoms with E-state index < -0.39 is 0 Å². The summed E-state index contributed by atoms with van der Waals surface area (Å²) in [5.41, 5.74) is 2.89. The first kappa shape index (κ1) is 22.1. The summed E-state index contributed by atoms with van der Waals surface area (Å²) < 4.78 is 26.4. The molecule has 0 aliphatic rings. The molecule has 0 saturated heterocycles. The Bertz CT molecular complexity index is 1250. The van der Waals surface area contributed by atoms with Crippen molar-refractivity contribution in [2.75, 3.05) is 20.8 Å². The molecule has 1 amide bonds. The minimum atomic E-state index is -0.304. The van der Waals surface area contributed by atoms with Crippen molar-refractivity contribution in [2.24, 2.45) is 0 Å². The second-order valence-corrected chi connectivity index (χ2v) is 7.34. The number of nitrogens with zero attached hydrogens (tertiary/aromatic N) is 2. The largest absolute Gasteiger partial charge is 0.497 e. The monoisotopic (exact) mass is 445 g/mol. The normalized spacial score (nSPS) is 10.6. The zero-order valence-corrected chi connectivity index (χ0v) is 18.4. The van der Waals surface area contributed by atoms with E-state index >= 15 is 0 Å². The molecule has 168 valence electrons. The first-order chi connectivity index (χ1) is 16.1. The minimum absolute atomic E-state index is 0.285. The van der Waals surface area contributed by atoms with Crippen LogP contribution in [-0.4, -0.2) is 36.5 Å². The number of aromatic nitrogens is 2. The molecule has 4 rings (SSSR count). The highest BCUT2D eigenvalue weighted by Gasteiger charge is 2.21. The number of benzene rings is 3. The van der Waals surface area contributed by atoms with Crippen LogP contribution in [0.2, 0.25) is 0 Å². The van der Waals surface area contributed by atoms with Crippen LogP contribution in [0.4, 0.5) is 4.39 Å². The predicted octanol–water partition coefficient (Wildman–Crippen LogP) is 4.67. The Kier molecular flexibility index (Phi) is 6.69. The molecule has 7 heteroatoms. The Morgan fingerprint density at radius 1 is 1.00 bits per heavy atom. The molecular weight excluding hydrogens is 421 g/mol. The molecule has 33 heavy (non-hydrogen) atoms. The average Bonchev–Trinajstić information content (AvgIpc) is 3.30. The molecule has 4 aromatic rings. The summed E-state index contributed by atoms with van der Waals surface area (Å²) >= 11 is 0. The number of amides is 1. The quantitative estimate of drug-likeness (QED) is 0.428. The molecule has 6 nitrogen and oxygen atoms in total. The van der Waals surface area contributed by atoms with Gasteiger partial charge in [-0.25, -0.2) is 9.07 Å². The SMILES string of the molecule is COc1ccc(-c2nn(-c3ccccc3)cc2C(=O)NCCc2ccccc2F)c(OC)c1. The Labute approximate surface area is 191 Å². The zero-order valence-electron chi connectivity index (χ0n) is 18.4. The van der Waals surface area contributed by atoms with Crippen LogP contribution in [0, 0.1) is 5.82 Å². The van der Waals surface area contributed by atoms with Crippen LogP contribution in [0.3, 0.4) is 0 Å². The van der Waals surface area contributed by atoms with Gasteiger partial charge in [0.15, 0.2) is 0 Å². The van der Waals surface area contributed by atoms with Crippen molar-refractivity contribution >= 4 is 5.91 Å². The van der Waals surface area contributed by atoms with Gasteiger partial charge in [-0.1, -0.05) is 36.4 Å². The number of para-hydroxylation sites is 1. The summed E-state index contributed by atoms with van der Waals surface area (Å²) in [6.45, 7) is 0.287. The van der Waals surface area contributed by atoms with Crippen LogP contribution >= 0.6 is 0 Å². The number of hydrogen-bond donors (Lipinski definition) is 1. The van der Waals surface area contributed by atoms with Gasteiger partial charge in [-0.3, -0.25) is 4.79 Å². The van der Waals surface area contributed by atoms with Crippen molar-refractivity contribution in [1.82, 2.24) is 15.1 Å². The molecule has 0 unspecified atom stereocenters. The smallest absolute Gasteiger partial charge is 0.255 e. The van der Waals surface area contributed by atoms with Gasteiger partial charge in [-0.2, -0.15) is 5.10 Å². The second kappa shape index (κ2) is 9.99. The third-order valence-corrected chi connectivity index (χ3v) is 5.28. The fourth-order valence-corrected chi connectivity index (χ4v) is 3.55. The number of methoxy groups -OCH3 is 2. The fourth-order valence-electron chi connectivity index (χ4n) is 3.55. The molecule has 0 atom stereocenters. The number of halogens is 1. The van der Waals surface area contributed by atoms with E-state index in [1.807, 2.05) is 36.4 Å². The van der Waals surface area contributed by atoms with E-state index in [-0.39, 0.29) is 18.3 Å². The summed E-state index contributed by atoms with van der Waals surface area (Å²) in [7, 11) is 3.13. The van der Waals surface area contributed by atoms with Gasteiger partial charge < -0.3 is 14.8 Å². The van der Waals surface area contributed by atoms with Crippen molar-refractivity contribution in [3.05, 3.63) is 95.9 Å². The van der Waals surface area contributed by atoms with E-state index in [9.17, 15) is 9.18 Å². The molecule has 1 aromatic heterocycles. The highest BCUT2D eigenvalue weighted by Crippen LogP contribution is 2.34. The molecule has 0 fully saturated rings. The van der Waals surface area contributed by atoms with Gasteiger partial charge in [0.2, 0.25) is 0 Å². The standard InChI is InChI=1S/C26H24FN3O3/c1-32-20-12-13-21(24(16-20)33-2)25-22(17-30(29-25)19-9-4-3-5-10-19)26(31)28-15-14-18-8-6-7-11-23(18)27/h3-13,16-17H,14-15H2,1-2H3,(H,28,31). The maximum Gasteiger partial charge on any atom is 0.255 e. The lowest BCUT2D eigenvalue weighted by Gasteiger charge is -2.10. The van der Waals surface area contributed by atoms with Crippen molar-refractivity contribution < 1.29 is 18.7 Å². The predicted molar refractivity (Wildman–Crippen MR) is 125 cm³/mol. The topological polar surface area (TPSA) is 65.4 Å². The Morgan fingerprint density at radius 3 is 2.48 bits per heavy atom. The van der Waals surface area contributed by atoms with E-state index in [0.717, 1.165) is 5.69 Å². The molecule has 0 bridgehead atoms. The molecule has 0 spiro atoms. The third kappa shape index (κ3) is 4.87. The van der Waals surface area contributed by atoms with Crippen LogP contribution in [0.25, 0.3) is 16.9 Å². The first-order valence-corrected chi connectivity index (χ1v) is 10.5. The lowest BCUT2D eigenvalue weighted by molar-refractivity contribution is 0.0954. The molecular formula is C26H24FN3O3.